The van der Waals surface area contributed by atoms with Crippen LogP contribution in [0.3, 0.4) is 0 Å². The molecule has 0 aliphatic carbocycles. The summed E-state index contributed by atoms with van der Waals surface area (Å²) in [5.74, 6) is 0. The van der Waals surface area contributed by atoms with Crippen molar-refractivity contribution >= 4 is 27.7 Å². The van der Waals surface area contributed by atoms with Crippen LogP contribution in [0.4, 0.5) is 0 Å². The Morgan fingerprint density at radius 2 is 2.22 bits per heavy atom. The molecule has 1 aromatic carbocycles. The van der Waals surface area contributed by atoms with Gasteiger partial charge in [0.15, 0.2) is 5.16 Å². The first-order valence-corrected chi connectivity index (χ1v) is 6.88. The van der Waals surface area contributed by atoms with E-state index in [9.17, 15) is 9.90 Å². The molecule has 0 spiro atoms. The van der Waals surface area contributed by atoms with Crippen LogP contribution in [-0.2, 0) is 0 Å². The van der Waals surface area contributed by atoms with E-state index in [0.717, 1.165) is 14.9 Å². The highest BCUT2D eigenvalue weighted by Gasteiger charge is 2.07. The zero-order chi connectivity index (χ0) is 13.1. The number of aromatic nitrogens is 2. The lowest BCUT2D eigenvalue weighted by molar-refractivity contribution is 0.199. The molecule has 0 fully saturated rings. The number of aliphatic hydroxyl groups excluding tert-OH is 1. The number of hydrogen-bond donors (Lipinski definition) is 2. The second-order valence-electron chi connectivity index (χ2n) is 3.71. The van der Waals surface area contributed by atoms with E-state index in [2.05, 4.69) is 25.9 Å². The number of aliphatic hydroxyl groups is 1. The van der Waals surface area contributed by atoms with Crippen molar-refractivity contribution in [1.29, 1.82) is 0 Å². The summed E-state index contributed by atoms with van der Waals surface area (Å²) >= 11 is 4.79. The monoisotopic (exact) mass is 326 g/mol. The number of H-pyrrole nitrogens is 1. The van der Waals surface area contributed by atoms with E-state index in [4.69, 9.17) is 0 Å². The molecule has 2 rings (SSSR count). The van der Waals surface area contributed by atoms with Gasteiger partial charge in [-0.05, 0) is 40.5 Å². The van der Waals surface area contributed by atoms with Gasteiger partial charge in [-0.2, -0.15) is 0 Å². The summed E-state index contributed by atoms with van der Waals surface area (Å²) in [7, 11) is 0. The van der Waals surface area contributed by atoms with Gasteiger partial charge >= 0.3 is 0 Å². The number of nitrogens with one attached hydrogen (secondary N) is 1. The fourth-order valence-corrected chi connectivity index (χ4v) is 2.77. The number of rotatable bonds is 3. The van der Waals surface area contributed by atoms with Crippen molar-refractivity contribution in [1.82, 2.24) is 9.97 Å². The zero-order valence-corrected chi connectivity index (χ0v) is 12.0. The third-order valence-corrected chi connectivity index (χ3v) is 4.19. The molecule has 1 aromatic heterocycles. The number of benzene rings is 1. The topological polar surface area (TPSA) is 66.0 Å². The summed E-state index contributed by atoms with van der Waals surface area (Å²) < 4.78 is 0.859. The summed E-state index contributed by atoms with van der Waals surface area (Å²) in [5.41, 5.74) is 0.657. The highest BCUT2D eigenvalue weighted by atomic mass is 79.9. The van der Waals surface area contributed by atoms with E-state index in [-0.39, 0.29) is 5.56 Å². The lowest BCUT2D eigenvalue weighted by Gasteiger charge is -2.08. The van der Waals surface area contributed by atoms with Gasteiger partial charge in [0.05, 0.1) is 6.10 Å². The molecular weight excluding hydrogens is 316 g/mol. The summed E-state index contributed by atoms with van der Waals surface area (Å²) in [4.78, 5) is 18.8. The Morgan fingerprint density at radius 3 is 2.83 bits per heavy atom. The molecule has 4 nitrogen and oxygen atoms in total. The van der Waals surface area contributed by atoms with Gasteiger partial charge in [0.25, 0.3) is 5.56 Å². The molecule has 0 aliphatic heterocycles. The predicted molar refractivity (Wildman–Crippen MR) is 73.8 cm³/mol. The number of aromatic amines is 1. The minimum absolute atomic E-state index is 0.177. The quantitative estimate of drug-likeness (QED) is 0.851. The molecule has 94 valence electrons. The largest absolute Gasteiger partial charge is 0.389 e. The molecule has 6 heteroatoms. The molecule has 0 bridgehead atoms. The van der Waals surface area contributed by atoms with Crippen molar-refractivity contribution in [2.75, 3.05) is 0 Å². The van der Waals surface area contributed by atoms with Crippen LogP contribution in [0.1, 0.15) is 18.6 Å². The second kappa shape index (κ2) is 5.69. The molecule has 0 saturated carbocycles. The minimum Gasteiger partial charge on any atom is -0.389 e. The van der Waals surface area contributed by atoms with Crippen LogP contribution in [0.25, 0.3) is 0 Å². The standard InChI is InChI=1S/C12H11BrN2O2S/c1-7(16)8-2-3-10(9(13)6-8)18-12-14-5-4-11(17)15-12/h2-7,16H,1H3,(H,14,15,17)/t7-/m1/s1. The molecule has 0 amide bonds. The summed E-state index contributed by atoms with van der Waals surface area (Å²) in [5, 5.41) is 10.0. The van der Waals surface area contributed by atoms with Gasteiger partial charge in [0.1, 0.15) is 0 Å². The van der Waals surface area contributed by atoms with Gasteiger partial charge < -0.3 is 10.1 Å². The molecule has 0 unspecified atom stereocenters. The van der Waals surface area contributed by atoms with Crippen LogP contribution in [0.2, 0.25) is 0 Å². The average molecular weight is 327 g/mol. The molecule has 0 aliphatic rings. The van der Waals surface area contributed by atoms with Crippen LogP contribution in [0.5, 0.6) is 0 Å². The molecular formula is C12H11BrN2O2S. The van der Waals surface area contributed by atoms with Crippen molar-refractivity contribution in [2.45, 2.75) is 23.1 Å². The maximum Gasteiger partial charge on any atom is 0.251 e. The van der Waals surface area contributed by atoms with E-state index in [1.54, 1.807) is 6.92 Å². The molecule has 18 heavy (non-hydrogen) atoms. The summed E-state index contributed by atoms with van der Waals surface area (Å²) in [6.45, 7) is 1.71. The third-order valence-electron chi connectivity index (χ3n) is 2.29. The number of hydrogen-bond acceptors (Lipinski definition) is 4. The van der Waals surface area contributed by atoms with Crippen molar-refractivity contribution in [3.05, 3.63) is 50.9 Å². The summed E-state index contributed by atoms with van der Waals surface area (Å²) in [6, 6.07) is 6.95. The Bertz CT molecular complexity index is 613. The van der Waals surface area contributed by atoms with E-state index in [0.29, 0.717) is 5.16 Å². The zero-order valence-electron chi connectivity index (χ0n) is 9.55. The minimum atomic E-state index is -0.505. The van der Waals surface area contributed by atoms with Crippen molar-refractivity contribution in [3.63, 3.8) is 0 Å². The molecule has 0 radical (unpaired) electrons. The fraction of sp³-hybridized carbons (Fsp3) is 0.167. The highest BCUT2D eigenvalue weighted by Crippen LogP contribution is 2.32. The van der Waals surface area contributed by atoms with Gasteiger partial charge in [0.2, 0.25) is 0 Å². The van der Waals surface area contributed by atoms with Crippen LogP contribution in [0.15, 0.2) is 49.8 Å². The SMILES string of the molecule is C[C@@H](O)c1ccc(Sc2nccc(=O)[nH]2)c(Br)c1. The molecule has 1 atom stereocenters. The van der Waals surface area contributed by atoms with E-state index < -0.39 is 6.10 Å². The van der Waals surface area contributed by atoms with Gasteiger partial charge in [-0.25, -0.2) is 4.98 Å². The molecule has 0 saturated heterocycles. The lowest BCUT2D eigenvalue weighted by atomic mass is 10.1. The fourth-order valence-electron chi connectivity index (χ4n) is 1.37. The first-order valence-electron chi connectivity index (χ1n) is 5.27. The van der Waals surface area contributed by atoms with Gasteiger partial charge in [-0.15, -0.1) is 0 Å². The normalized spacial score (nSPS) is 12.4. The Kier molecular flexibility index (Phi) is 4.21. The summed E-state index contributed by atoms with van der Waals surface area (Å²) in [6.07, 6.45) is 0.967. The Balaban J connectivity index is 2.27. The van der Waals surface area contributed by atoms with Crippen molar-refractivity contribution in [3.8, 4) is 0 Å². The molecule has 1 heterocycles. The van der Waals surface area contributed by atoms with E-state index in [1.165, 1.54) is 24.0 Å². The van der Waals surface area contributed by atoms with Gasteiger partial charge in [0, 0.05) is 21.6 Å². The first-order chi connectivity index (χ1) is 8.56. The average Bonchev–Trinajstić information content (AvgIpc) is 2.31. The first kappa shape index (κ1) is 13.3. The van der Waals surface area contributed by atoms with Gasteiger partial charge in [-0.3, -0.25) is 4.79 Å². The van der Waals surface area contributed by atoms with Crippen molar-refractivity contribution in [2.24, 2.45) is 0 Å². The third kappa shape index (κ3) is 3.22. The Morgan fingerprint density at radius 1 is 1.44 bits per heavy atom. The second-order valence-corrected chi connectivity index (χ2v) is 5.59. The maximum absolute atomic E-state index is 11.2. The highest BCUT2D eigenvalue weighted by molar-refractivity contribution is 9.10. The van der Waals surface area contributed by atoms with Crippen LogP contribution < -0.4 is 5.56 Å². The molecule has 2 aromatic rings. The van der Waals surface area contributed by atoms with E-state index in [1.807, 2.05) is 18.2 Å². The maximum atomic E-state index is 11.2. The number of nitrogens with zero attached hydrogens (tertiary/aromatic N) is 1. The Labute approximate surface area is 117 Å². The molecule has 2 N–H and O–H groups in total. The predicted octanol–water partition coefficient (Wildman–Crippen LogP) is 2.74. The van der Waals surface area contributed by atoms with E-state index >= 15 is 0 Å². The lowest BCUT2D eigenvalue weighted by Crippen LogP contribution is -2.05. The number of halogens is 1. The van der Waals surface area contributed by atoms with Crippen LogP contribution in [0, 0.1) is 0 Å². The van der Waals surface area contributed by atoms with Crippen molar-refractivity contribution < 1.29 is 5.11 Å². The Hall–Kier alpha value is -1.11. The smallest absolute Gasteiger partial charge is 0.251 e. The van der Waals surface area contributed by atoms with Crippen LogP contribution in [-0.4, -0.2) is 15.1 Å². The van der Waals surface area contributed by atoms with Gasteiger partial charge in [-0.1, -0.05) is 17.8 Å². The van der Waals surface area contributed by atoms with Crippen LogP contribution >= 0.6 is 27.7 Å².